The topological polar surface area (TPSA) is 109 Å². The zero-order chi connectivity index (χ0) is 25.1. The van der Waals surface area contributed by atoms with Gasteiger partial charge in [-0.05, 0) is 64.2 Å². The van der Waals surface area contributed by atoms with E-state index in [4.69, 9.17) is 15.9 Å². The van der Waals surface area contributed by atoms with Crippen LogP contribution in [-0.4, -0.2) is 29.3 Å². The van der Waals surface area contributed by atoms with Crippen LogP contribution < -0.4 is 11.1 Å². The fourth-order valence-corrected chi connectivity index (χ4v) is 4.35. The van der Waals surface area contributed by atoms with Gasteiger partial charge in [-0.1, -0.05) is 54.6 Å². The van der Waals surface area contributed by atoms with Crippen LogP contribution in [0.2, 0.25) is 0 Å². The minimum atomic E-state index is -0.325. The highest BCUT2D eigenvalue weighted by atomic mass is 16.6. The van der Waals surface area contributed by atoms with E-state index < -0.39 is 0 Å². The number of hydrogen-bond donors (Lipinski definition) is 3. The minimum Gasteiger partial charge on any atom is -0.445 e. The molecule has 0 atom stereocenters. The van der Waals surface area contributed by atoms with Crippen molar-refractivity contribution >= 4 is 34.3 Å². The lowest BCUT2D eigenvalue weighted by Crippen LogP contribution is -2.36. The molecule has 0 aliphatic carbocycles. The lowest BCUT2D eigenvalue weighted by atomic mass is 9.99. The van der Waals surface area contributed by atoms with E-state index in [0.29, 0.717) is 36.3 Å². The van der Waals surface area contributed by atoms with Gasteiger partial charge in [-0.2, -0.15) is 0 Å². The summed E-state index contributed by atoms with van der Waals surface area (Å²) in [6, 6.07) is 26.3. The molecule has 36 heavy (non-hydrogen) atoms. The average Bonchev–Trinajstić information content (AvgIpc) is 2.91. The molecule has 0 radical (unpaired) electrons. The van der Waals surface area contributed by atoms with E-state index in [1.165, 1.54) is 0 Å². The molecular formula is C29H26N4O3. The predicted octanol–water partition coefficient (Wildman–Crippen LogP) is 5.07. The smallest absolute Gasteiger partial charge is 0.410 e. The highest BCUT2D eigenvalue weighted by molar-refractivity contribution is 6.07. The van der Waals surface area contributed by atoms with Gasteiger partial charge in [0.15, 0.2) is 0 Å². The Morgan fingerprint density at radius 1 is 0.889 bits per heavy atom. The summed E-state index contributed by atoms with van der Waals surface area (Å²) in [7, 11) is 0. The second-order valence-corrected chi connectivity index (χ2v) is 8.84. The van der Waals surface area contributed by atoms with Crippen molar-refractivity contribution in [3.63, 3.8) is 0 Å². The monoisotopic (exact) mass is 478 g/mol. The van der Waals surface area contributed by atoms with Gasteiger partial charge in [-0.15, -0.1) is 0 Å². The van der Waals surface area contributed by atoms with Gasteiger partial charge in [0.1, 0.15) is 12.4 Å². The van der Waals surface area contributed by atoms with Crippen molar-refractivity contribution < 1.29 is 14.3 Å². The quantitative estimate of drug-likeness (QED) is 0.275. The maximum Gasteiger partial charge on any atom is 0.410 e. The predicted molar refractivity (Wildman–Crippen MR) is 140 cm³/mol. The van der Waals surface area contributed by atoms with Gasteiger partial charge < -0.3 is 20.7 Å². The number of fused-ring (bicyclic) bond motifs is 2. The molecule has 1 heterocycles. The zero-order valence-corrected chi connectivity index (χ0v) is 19.7. The Labute approximate surface area is 209 Å². The number of nitrogens with zero attached hydrogens (tertiary/aromatic N) is 1. The van der Waals surface area contributed by atoms with E-state index in [2.05, 4.69) is 5.32 Å². The lowest BCUT2D eigenvalue weighted by molar-refractivity contribution is 0.0918. The van der Waals surface area contributed by atoms with Crippen molar-refractivity contribution in [2.45, 2.75) is 19.6 Å². The minimum absolute atomic E-state index is 0.0123. The molecular weight excluding hydrogens is 452 g/mol. The molecule has 1 aliphatic heterocycles. The Morgan fingerprint density at radius 2 is 1.61 bits per heavy atom. The molecule has 4 aromatic rings. The van der Waals surface area contributed by atoms with Gasteiger partial charge >= 0.3 is 6.09 Å². The largest absolute Gasteiger partial charge is 0.445 e. The lowest BCUT2D eigenvalue weighted by Gasteiger charge is -2.28. The second kappa shape index (κ2) is 9.92. The second-order valence-electron chi connectivity index (χ2n) is 8.84. The first-order valence-electron chi connectivity index (χ1n) is 11.7. The van der Waals surface area contributed by atoms with Crippen molar-refractivity contribution in [3.05, 3.63) is 113 Å². The SMILES string of the molecule is N=C(N)c1ccc2cc(C(=O)Nc3ccc4c(c3)CCN(C(=O)OCc3ccccc3)C4)ccc2c1. The Balaban J connectivity index is 1.22. The molecule has 0 saturated heterocycles. The van der Waals surface area contributed by atoms with Crippen LogP contribution in [0.4, 0.5) is 10.5 Å². The van der Waals surface area contributed by atoms with Crippen LogP contribution in [0.25, 0.3) is 10.8 Å². The number of amidine groups is 1. The number of anilines is 1. The first-order valence-corrected chi connectivity index (χ1v) is 11.7. The molecule has 0 unspecified atom stereocenters. The summed E-state index contributed by atoms with van der Waals surface area (Å²) in [5, 5.41) is 12.4. The molecule has 0 fully saturated rings. The zero-order valence-electron chi connectivity index (χ0n) is 19.7. The number of nitrogen functional groups attached to an aromatic ring is 1. The fraction of sp³-hybridized carbons (Fsp3) is 0.138. The average molecular weight is 479 g/mol. The number of carbonyl (C=O) groups excluding carboxylic acids is 2. The molecule has 0 aromatic heterocycles. The number of benzene rings is 4. The van der Waals surface area contributed by atoms with E-state index in [1.54, 1.807) is 17.0 Å². The molecule has 4 N–H and O–H groups in total. The standard InChI is InChI=1S/C29H26N4O3/c30-27(31)23-8-6-21-15-24(9-7-20(21)14-23)28(34)32-26-11-10-25-17-33(13-12-22(25)16-26)29(35)36-18-19-4-2-1-3-5-19/h1-11,14-16H,12-13,17-18H2,(H3,30,31)(H,32,34). The molecule has 0 bridgehead atoms. The molecule has 7 heteroatoms. The fourth-order valence-electron chi connectivity index (χ4n) is 4.35. The molecule has 0 saturated carbocycles. The summed E-state index contributed by atoms with van der Waals surface area (Å²) in [5.74, 6) is -0.187. The van der Waals surface area contributed by atoms with Gasteiger partial charge in [0.2, 0.25) is 0 Å². The first-order chi connectivity index (χ1) is 17.5. The summed E-state index contributed by atoms with van der Waals surface area (Å²) in [6.07, 6.45) is 0.363. The van der Waals surface area contributed by atoms with Crippen LogP contribution in [0.3, 0.4) is 0 Å². The van der Waals surface area contributed by atoms with Crippen LogP contribution in [0.15, 0.2) is 84.9 Å². The van der Waals surface area contributed by atoms with E-state index in [9.17, 15) is 9.59 Å². The Bertz CT molecular complexity index is 1470. The third kappa shape index (κ3) is 5.05. The normalized spacial score (nSPS) is 12.6. The molecule has 180 valence electrons. The van der Waals surface area contributed by atoms with Crippen molar-refractivity contribution in [1.82, 2.24) is 4.90 Å². The number of nitrogens with two attached hydrogens (primary N) is 1. The third-order valence-electron chi connectivity index (χ3n) is 6.35. The number of amides is 2. The highest BCUT2D eigenvalue weighted by Gasteiger charge is 2.22. The number of carbonyl (C=O) groups is 2. The maximum absolute atomic E-state index is 12.9. The van der Waals surface area contributed by atoms with Gasteiger partial charge in [-0.25, -0.2) is 4.79 Å². The molecule has 2 amide bonds. The number of nitrogens with one attached hydrogen (secondary N) is 2. The summed E-state index contributed by atoms with van der Waals surface area (Å²) in [6.45, 7) is 1.29. The number of rotatable bonds is 5. The number of ether oxygens (including phenoxy) is 1. The van der Waals surface area contributed by atoms with E-state index in [-0.39, 0.29) is 24.4 Å². The van der Waals surface area contributed by atoms with Crippen LogP contribution in [0.5, 0.6) is 0 Å². The highest BCUT2D eigenvalue weighted by Crippen LogP contribution is 2.24. The van der Waals surface area contributed by atoms with E-state index >= 15 is 0 Å². The molecule has 4 aromatic carbocycles. The first kappa shape index (κ1) is 23.1. The summed E-state index contributed by atoms with van der Waals surface area (Å²) < 4.78 is 5.47. The summed E-state index contributed by atoms with van der Waals surface area (Å²) in [4.78, 5) is 27.1. The third-order valence-corrected chi connectivity index (χ3v) is 6.35. The molecule has 0 spiro atoms. The van der Waals surface area contributed by atoms with Crippen molar-refractivity contribution in [2.75, 3.05) is 11.9 Å². The molecule has 5 rings (SSSR count). The maximum atomic E-state index is 12.9. The van der Waals surface area contributed by atoms with Crippen LogP contribution in [0, 0.1) is 5.41 Å². The van der Waals surface area contributed by atoms with Crippen LogP contribution in [-0.2, 0) is 24.3 Å². The van der Waals surface area contributed by atoms with Crippen molar-refractivity contribution in [3.8, 4) is 0 Å². The van der Waals surface area contributed by atoms with E-state index in [1.807, 2.05) is 72.8 Å². The van der Waals surface area contributed by atoms with Gasteiger partial charge in [-0.3, -0.25) is 10.2 Å². The van der Waals surface area contributed by atoms with Crippen LogP contribution >= 0.6 is 0 Å². The van der Waals surface area contributed by atoms with Gasteiger partial charge in [0.05, 0.1) is 0 Å². The summed E-state index contributed by atoms with van der Waals surface area (Å²) in [5.41, 5.74) is 10.6. The van der Waals surface area contributed by atoms with Crippen molar-refractivity contribution in [1.29, 1.82) is 5.41 Å². The van der Waals surface area contributed by atoms with E-state index in [0.717, 1.165) is 27.5 Å². The molecule has 7 nitrogen and oxygen atoms in total. The van der Waals surface area contributed by atoms with Crippen molar-refractivity contribution in [2.24, 2.45) is 5.73 Å². The Kier molecular flexibility index (Phi) is 6.36. The summed E-state index contributed by atoms with van der Waals surface area (Å²) >= 11 is 0. The van der Waals surface area contributed by atoms with Crippen LogP contribution in [0.1, 0.15) is 32.6 Å². The Morgan fingerprint density at radius 3 is 2.36 bits per heavy atom. The van der Waals surface area contributed by atoms with Gasteiger partial charge in [0.25, 0.3) is 5.91 Å². The Hall–Kier alpha value is -4.65. The molecule has 1 aliphatic rings. The number of hydrogen-bond acceptors (Lipinski definition) is 4. The van der Waals surface area contributed by atoms with Gasteiger partial charge in [0, 0.05) is 29.9 Å².